The minimum Gasteiger partial charge on any atom is -0.478 e. The molecular formula is C8H3BrClNO2. The molecule has 5 heteroatoms. The summed E-state index contributed by atoms with van der Waals surface area (Å²) in [5.41, 5.74) is -0.112. The van der Waals surface area contributed by atoms with Crippen molar-refractivity contribution in [3.63, 3.8) is 0 Å². The molecule has 0 heterocycles. The normalized spacial score (nSPS) is 9.31. The van der Waals surface area contributed by atoms with Crippen LogP contribution in [0.15, 0.2) is 16.6 Å². The summed E-state index contributed by atoms with van der Waals surface area (Å²) < 4.78 is 0.510. The Kier molecular flexibility index (Phi) is 2.91. The van der Waals surface area contributed by atoms with Crippen LogP contribution in [0.4, 0.5) is 0 Å². The molecule has 0 atom stereocenters. The summed E-state index contributed by atoms with van der Waals surface area (Å²) in [6.45, 7) is 0. The molecule has 0 saturated carbocycles. The highest BCUT2D eigenvalue weighted by Crippen LogP contribution is 2.28. The van der Waals surface area contributed by atoms with Gasteiger partial charge in [0.15, 0.2) is 0 Å². The molecule has 0 radical (unpaired) electrons. The predicted molar refractivity (Wildman–Crippen MR) is 50.8 cm³/mol. The molecule has 0 aliphatic carbocycles. The van der Waals surface area contributed by atoms with Gasteiger partial charge in [0.1, 0.15) is 6.07 Å². The topological polar surface area (TPSA) is 61.1 Å². The quantitative estimate of drug-likeness (QED) is 0.844. The van der Waals surface area contributed by atoms with Crippen molar-refractivity contribution in [2.24, 2.45) is 0 Å². The molecule has 0 fully saturated rings. The van der Waals surface area contributed by atoms with E-state index in [4.69, 9.17) is 22.0 Å². The van der Waals surface area contributed by atoms with Gasteiger partial charge in [-0.05, 0) is 28.1 Å². The van der Waals surface area contributed by atoms with E-state index >= 15 is 0 Å². The summed E-state index contributed by atoms with van der Waals surface area (Å²) >= 11 is 8.80. The molecule has 0 unspecified atom stereocenters. The first-order valence-corrected chi connectivity index (χ1v) is 4.36. The number of nitriles is 1. The Morgan fingerprint density at radius 2 is 2.23 bits per heavy atom. The standard InChI is InChI=1S/C8H3BrClNO2/c9-6-2-1-4(8(12)13)5(3-11)7(6)10/h1-2H,(H,12,13). The number of hydrogen-bond acceptors (Lipinski definition) is 2. The maximum atomic E-state index is 10.6. The van der Waals surface area contributed by atoms with Crippen molar-refractivity contribution in [1.82, 2.24) is 0 Å². The Hall–Kier alpha value is -1.05. The second-order valence-corrected chi connectivity index (χ2v) is 3.43. The van der Waals surface area contributed by atoms with E-state index in [-0.39, 0.29) is 16.1 Å². The molecule has 0 aromatic heterocycles. The number of nitrogens with zero attached hydrogens (tertiary/aromatic N) is 1. The van der Waals surface area contributed by atoms with Gasteiger partial charge < -0.3 is 5.11 Å². The van der Waals surface area contributed by atoms with Gasteiger partial charge in [-0.2, -0.15) is 5.26 Å². The number of carboxylic acids is 1. The zero-order valence-electron chi connectivity index (χ0n) is 6.21. The fourth-order valence-electron chi connectivity index (χ4n) is 0.838. The molecule has 0 aliphatic rings. The SMILES string of the molecule is N#Cc1c(C(=O)O)ccc(Br)c1Cl. The lowest BCUT2D eigenvalue weighted by Crippen LogP contribution is -2.00. The summed E-state index contributed by atoms with van der Waals surface area (Å²) in [5, 5.41) is 17.5. The van der Waals surface area contributed by atoms with Gasteiger partial charge in [-0.1, -0.05) is 11.6 Å². The van der Waals surface area contributed by atoms with Crippen LogP contribution in [0.3, 0.4) is 0 Å². The van der Waals surface area contributed by atoms with E-state index in [1.165, 1.54) is 12.1 Å². The van der Waals surface area contributed by atoms with Gasteiger partial charge in [0.25, 0.3) is 0 Å². The smallest absolute Gasteiger partial charge is 0.337 e. The molecule has 1 aromatic rings. The van der Waals surface area contributed by atoms with Crippen molar-refractivity contribution in [2.45, 2.75) is 0 Å². The highest BCUT2D eigenvalue weighted by atomic mass is 79.9. The first-order chi connectivity index (χ1) is 6.07. The minimum atomic E-state index is -1.16. The molecule has 3 nitrogen and oxygen atoms in total. The fraction of sp³-hybridized carbons (Fsp3) is 0. The van der Waals surface area contributed by atoms with Crippen LogP contribution >= 0.6 is 27.5 Å². The third kappa shape index (κ3) is 1.82. The lowest BCUT2D eigenvalue weighted by Gasteiger charge is -2.01. The average Bonchev–Trinajstić information content (AvgIpc) is 2.09. The Morgan fingerprint density at radius 1 is 1.62 bits per heavy atom. The van der Waals surface area contributed by atoms with E-state index in [9.17, 15) is 4.79 Å². The average molecular weight is 260 g/mol. The van der Waals surface area contributed by atoms with Gasteiger partial charge in [-0.15, -0.1) is 0 Å². The Bertz CT molecular complexity index is 411. The van der Waals surface area contributed by atoms with Crippen molar-refractivity contribution in [2.75, 3.05) is 0 Å². The van der Waals surface area contributed by atoms with Crippen molar-refractivity contribution >= 4 is 33.5 Å². The molecule has 0 aliphatic heterocycles. The second kappa shape index (κ2) is 3.77. The van der Waals surface area contributed by atoms with Gasteiger partial charge >= 0.3 is 5.97 Å². The monoisotopic (exact) mass is 259 g/mol. The number of benzene rings is 1. The zero-order chi connectivity index (χ0) is 10.0. The fourth-order valence-corrected chi connectivity index (χ4v) is 1.38. The first-order valence-electron chi connectivity index (χ1n) is 3.19. The van der Waals surface area contributed by atoms with Crippen LogP contribution in [0.5, 0.6) is 0 Å². The Balaban J connectivity index is 3.50. The van der Waals surface area contributed by atoms with E-state index in [0.29, 0.717) is 4.47 Å². The number of halogens is 2. The van der Waals surface area contributed by atoms with E-state index < -0.39 is 5.97 Å². The molecular weight excluding hydrogens is 257 g/mol. The van der Waals surface area contributed by atoms with E-state index in [1.54, 1.807) is 6.07 Å². The van der Waals surface area contributed by atoms with Crippen LogP contribution in [0.2, 0.25) is 5.02 Å². The maximum Gasteiger partial charge on any atom is 0.337 e. The molecule has 1 aromatic carbocycles. The third-order valence-electron chi connectivity index (χ3n) is 1.44. The summed E-state index contributed by atoms with van der Waals surface area (Å²) in [7, 11) is 0. The number of aromatic carboxylic acids is 1. The number of carboxylic acid groups (broad SMARTS) is 1. The van der Waals surface area contributed by atoms with Gasteiger partial charge in [-0.3, -0.25) is 0 Å². The first kappa shape index (κ1) is 10.0. The molecule has 0 spiro atoms. The predicted octanol–water partition coefficient (Wildman–Crippen LogP) is 2.67. The molecule has 0 saturated heterocycles. The molecule has 1 N–H and O–H groups in total. The van der Waals surface area contributed by atoms with Crippen molar-refractivity contribution in [3.05, 3.63) is 32.8 Å². The van der Waals surface area contributed by atoms with E-state index in [1.807, 2.05) is 0 Å². The summed E-state index contributed by atoms with van der Waals surface area (Å²) in [6.07, 6.45) is 0. The highest BCUT2D eigenvalue weighted by Gasteiger charge is 2.14. The summed E-state index contributed by atoms with van der Waals surface area (Å²) in [5.74, 6) is -1.16. The van der Waals surface area contributed by atoms with Crippen LogP contribution in [0.25, 0.3) is 0 Å². The molecule has 0 amide bonds. The largest absolute Gasteiger partial charge is 0.478 e. The van der Waals surface area contributed by atoms with Crippen molar-refractivity contribution in [3.8, 4) is 6.07 Å². The molecule has 1 rings (SSSR count). The van der Waals surface area contributed by atoms with Crippen molar-refractivity contribution in [1.29, 1.82) is 5.26 Å². The van der Waals surface area contributed by atoms with Gasteiger partial charge in [0.2, 0.25) is 0 Å². The van der Waals surface area contributed by atoms with Crippen LogP contribution in [-0.4, -0.2) is 11.1 Å². The lowest BCUT2D eigenvalue weighted by atomic mass is 10.1. The zero-order valence-corrected chi connectivity index (χ0v) is 8.56. The van der Waals surface area contributed by atoms with Crippen LogP contribution in [0, 0.1) is 11.3 Å². The van der Waals surface area contributed by atoms with E-state index in [2.05, 4.69) is 15.9 Å². The van der Waals surface area contributed by atoms with Crippen LogP contribution in [-0.2, 0) is 0 Å². The maximum absolute atomic E-state index is 10.6. The van der Waals surface area contributed by atoms with E-state index in [0.717, 1.165) is 0 Å². The lowest BCUT2D eigenvalue weighted by molar-refractivity contribution is 0.0696. The third-order valence-corrected chi connectivity index (χ3v) is 2.72. The second-order valence-electron chi connectivity index (χ2n) is 2.20. The van der Waals surface area contributed by atoms with Crippen molar-refractivity contribution < 1.29 is 9.90 Å². The number of carbonyl (C=O) groups is 1. The number of hydrogen-bond donors (Lipinski definition) is 1. The molecule has 66 valence electrons. The summed E-state index contributed by atoms with van der Waals surface area (Å²) in [4.78, 5) is 10.6. The van der Waals surface area contributed by atoms with Gasteiger partial charge in [0.05, 0.1) is 16.1 Å². The van der Waals surface area contributed by atoms with Crippen LogP contribution < -0.4 is 0 Å². The van der Waals surface area contributed by atoms with Gasteiger partial charge in [0, 0.05) is 4.47 Å². The number of rotatable bonds is 1. The molecule has 0 bridgehead atoms. The van der Waals surface area contributed by atoms with Gasteiger partial charge in [-0.25, -0.2) is 4.79 Å². The summed E-state index contributed by atoms with van der Waals surface area (Å²) in [6, 6.07) is 4.57. The minimum absolute atomic E-state index is 0.0245. The molecule has 13 heavy (non-hydrogen) atoms. The Labute approximate surface area is 87.7 Å². The Morgan fingerprint density at radius 3 is 2.69 bits per heavy atom. The van der Waals surface area contributed by atoms with Crippen LogP contribution in [0.1, 0.15) is 15.9 Å². The highest BCUT2D eigenvalue weighted by molar-refractivity contribution is 9.10.